The molecule has 1 aliphatic carbocycles. The quantitative estimate of drug-likeness (QED) is 0.699. The second-order valence-electron chi connectivity index (χ2n) is 6.45. The molecule has 0 bridgehead atoms. The predicted molar refractivity (Wildman–Crippen MR) is 106 cm³/mol. The van der Waals surface area contributed by atoms with E-state index in [1.807, 2.05) is 12.3 Å². The monoisotopic (exact) mass is 379 g/mol. The van der Waals surface area contributed by atoms with Crippen molar-refractivity contribution in [2.45, 2.75) is 12.8 Å². The van der Waals surface area contributed by atoms with Gasteiger partial charge in [-0.3, -0.25) is 0 Å². The second kappa shape index (κ2) is 7.26. The van der Waals surface area contributed by atoms with Crippen LogP contribution in [0.5, 0.6) is 23.0 Å². The molecule has 0 amide bonds. The molecule has 0 saturated heterocycles. The molecule has 3 aromatic rings. The van der Waals surface area contributed by atoms with E-state index >= 15 is 0 Å². The van der Waals surface area contributed by atoms with E-state index in [0.29, 0.717) is 28.9 Å². The zero-order valence-corrected chi connectivity index (χ0v) is 15.9. The Labute approximate surface area is 162 Å². The summed E-state index contributed by atoms with van der Waals surface area (Å²) in [6.07, 6.45) is 3.61. The van der Waals surface area contributed by atoms with Gasteiger partial charge in [-0.25, -0.2) is 9.97 Å². The molecule has 2 aromatic carbocycles. The van der Waals surface area contributed by atoms with Crippen LogP contribution < -0.4 is 19.5 Å². The molecule has 0 fully saturated rings. The molecule has 0 aliphatic heterocycles. The number of benzene rings is 2. The van der Waals surface area contributed by atoms with Gasteiger partial charge in [0.1, 0.15) is 5.75 Å². The summed E-state index contributed by atoms with van der Waals surface area (Å²) in [5.41, 5.74) is 4.72. The fraction of sp³-hybridized carbons (Fsp3) is 0.238. The van der Waals surface area contributed by atoms with Crippen LogP contribution >= 0.6 is 0 Å². The van der Waals surface area contributed by atoms with Crippen molar-refractivity contribution in [1.82, 2.24) is 9.97 Å². The molecule has 0 unspecified atom stereocenters. The van der Waals surface area contributed by atoms with Crippen molar-refractivity contribution in [2.24, 2.45) is 0 Å². The normalized spacial score (nSPS) is 12.0. The van der Waals surface area contributed by atoms with E-state index in [2.05, 4.69) is 10.3 Å². The van der Waals surface area contributed by atoms with E-state index in [4.69, 9.17) is 19.2 Å². The van der Waals surface area contributed by atoms with Gasteiger partial charge in [-0.1, -0.05) is 6.07 Å². The van der Waals surface area contributed by atoms with Crippen molar-refractivity contribution in [3.05, 3.63) is 47.7 Å². The fourth-order valence-electron chi connectivity index (χ4n) is 3.44. The van der Waals surface area contributed by atoms with Gasteiger partial charge >= 0.3 is 0 Å². The first-order chi connectivity index (χ1) is 13.6. The Kier molecular flexibility index (Phi) is 4.65. The Bertz CT molecular complexity index is 1010. The molecular formula is C21H21N3O4. The molecule has 0 atom stereocenters. The Hall–Kier alpha value is -3.48. The number of aromatic hydroxyl groups is 1. The predicted octanol–water partition coefficient (Wildman–Crippen LogP) is 3.72. The molecule has 1 aromatic heterocycles. The minimum absolute atomic E-state index is 0.226. The number of phenols is 1. The molecule has 1 aliphatic rings. The van der Waals surface area contributed by atoms with Gasteiger partial charge in [-0.15, -0.1) is 0 Å². The van der Waals surface area contributed by atoms with Gasteiger partial charge in [0.25, 0.3) is 0 Å². The fourth-order valence-corrected chi connectivity index (χ4v) is 3.44. The van der Waals surface area contributed by atoms with Crippen LogP contribution in [0.3, 0.4) is 0 Å². The third kappa shape index (κ3) is 3.15. The van der Waals surface area contributed by atoms with E-state index in [0.717, 1.165) is 29.7 Å². The first kappa shape index (κ1) is 17.9. The van der Waals surface area contributed by atoms with Crippen molar-refractivity contribution in [1.29, 1.82) is 0 Å². The van der Waals surface area contributed by atoms with Gasteiger partial charge in [-0.05, 0) is 36.1 Å². The van der Waals surface area contributed by atoms with Crippen LogP contribution in [0, 0.1) is 0 Å². The highest BCUT2D eigenvalue weighted by molar-refractivity contribution is 5.72. The molecule has 144 valence electrons. The van der Waals surface area contributed by atoms with Crippen LogP contribution in [0.15, 0.2) is 36.5 Å². The van der Waals surface area contributed by atoms with Crippen molar-refractivity contribution < 1.29 is 19.3 Å². The smallest absolute Gasteiger partial charge is 0.227 e. The molecule has 0 saturated carbocycles. The highest BCUT2D eigenvalue weighted by Crippen LogP contribution is 2.41. The highest BCUT2D eigenvalue weighted by atomic mass is 16.5. The lowest BCUT2D eigenvalue weighted by molar-refractivity contribution is 0.324. The third-order valence-corrected chi connectivity index (χ3v) is 4.80. The van der Waals surface area contributed by atoms with Crippen LogP contribution in [-0.2, 0) is 12.8 Å². The standard InChI is InChI=1S/C21H21N3O4/c1-26-17-8-14(9-18(27-2)20(17)28-3)23-21-22-11-13-5-4-12-6-7-15(25)10-16(12)19(13)24-21/h6-11,25H,4-5H2,1-3H3,(H,22,23,24). The van der Waals surface area contributed by atoms with E-state index < -0.39 is 0 Å². The lowest BCUT2D eigenvalue weighted by Gasteiger charge is -2.20. The number of nitrogens with one attached hydrogen (secondary N) is 1. The number of fused-ring (bicyclic) bond motifs is 3. The SMILES string of the molecule is COc1cc(Nc2ncc3c(n2)-c2cc(O)ccc2CC3)cc(OC)c1OC. The van der Waals surface area contributed by atoms with E-state index in [1.165, 1.54) is 5.56 Å². The molecule has 1 heterocycles. The Morgan fingerprint density at radius 1 is 0.929 bits per heavy atom. The number of aromatic nitrogens is 2. The third-order valence-electron chi connectivity index (χ3n) is 4.80. The van der Waals surface area contributed by atoms with Gasteiger partial charge in [0.2, 0.25) is 11.7 Å². The lowest BCUT2D eigenvalue weighted by atomic mass is 9.90. The number of nitrogens with zero attached hydrogens (tertiary/aromatic N) is 2. The summed E-state index contributed by atoms with van der Waals surface area (Å²) in [6.45, 7) is 0. The van der Waals surface area contributed by atoms with E-state index in [-0.39, 0.29) is 5.75 Å². The maximum atomic E-state index is 9.88. The van der Waals surface area contributed by atoms with Crippen LogP contribution in [0.2, 0.25) is 0 Å². The molecule has 4 rings (SSSR count). The maximum Gasteiger partial charge on any atom is 0.227 e. The van der Waals surface area contributed by atoms with Crippen molar-refractivity contribution in [2.75, 3.05) is 26.6 Å². The summed E-state index contributed by atoms with van der Waals surface area (Å²) >= 11 is 0. The summed E-state index contributed by atoms with van der Waals surface area (Å²) in [5.74, 6) is 2.27. The molecule has 0 radical (unpaired) electrons. The summed E-state index contributed by atoms with van der Waals surface area (Å²) in [7, 11) is 4.70. The molecular weight excluding hydrogens is 358 g/mol. The number of hydrogen-bond donors (Lipinski definition) is 2. The van der Waals surface area contributed by atoms with E-state index in [9.17, 15) is 5.11 Å². The average Bonchev–Trinajstić information content (AvgIpc) is 2.72. The van der Waals surface area contributed by atoms with Gasteiger partial charge in [0.05, 0.1) is 27.0 Å². The minimum atomic E-state index is 0.226. The summed E-state index contributed by atoms with van der Waals surface area (Å²) in [5, 5.41) is 13.1. The van der Waals surface area contributed by atoms with Crippen molar-refractivity contribution in [3.8, 4) is 34.3 Å². The Balaban J connectivity index is 1.72. The van der Waals surface area contributed by atoms with Gasteiger partial charge in [-0.2, -0.15) is 0 Å². The second-order valence-corrected chi connectivity index (χ2v) is 6.45. The summed E-state index contributed by atoms with van der Waals surface area (Å²) < 4.78 is 16.1. The highest BCUT2D eigenvalue weighted by Gasteiger charge is 2.20. The number of methoxy groups -OCH3 is 3. The first-order valence-electron chi connectivity index (χ1n) is 8.88. The van der Waals surface area contributed by atoms with Crippen LogP contribution in [0.25, 0.3) is 11.3 Å². The van der Waals surface area contributed by atoms with Crippen LogP contribution in [0.1, 0.15) is 11.1 Å². The zero-order chi connectivity index (χ0) is 19.7. The minimum Gasteiger partial charge on any atom is -0.508 e. The zero-order valence-electron chi connectivity index (χ0n) is 15.9. The summed E-state index contributed by atoms with van der Waals surface area (Å²) in [6, 6.07) is 9.00. The van der Waals surface area contributed by atoms with Gasteiger partial charge in [0.15, 0.2) is 11.5 Å². The van der Waals surface area contributed by atoms with Crippen molar-refractivity contribution >= 4 is 11.6 Å². The molecule has 0 spiro atoms. The number of rotatable bonds is 5. The molecule has 2 N–H and O–H groups in total. The topological polar surface area (TPSA) is 85.7 Å². The molecule has 28 heavy (non-hydrogen) atoms. The largest absolute Gasteiger partial charge is 0.508 e. The number of aryl methyl sites for hydroxylation is 2. The maximum absolute atomic E-state index is 9.88. The van der Waals surface area contributed by atoms with Gasteiger partial charge in [0, 0.05) is 29.6 Å². The number of anilines is 2. The lowest BCUT2D eigenvalue weighted by Crippen LogP contribution is -2.08. The van der Waals surface area contributed by atoms with Crippen LogP contribution in [0.4, 0.5) is 11.6 Å². The molecule has 7 heteroatoms. The Morgan fingerprint density at radius 3 is 2.32 bits per heavy atom. The average molecular weight is 379 g/mol. The first-order valence-corrected chi connectivity index (χ1v) is 8.88. The summed E-state index contributed by atoms with van der Waals surface area (Å²) in [4.78, 5) is 9.14. The molecule has 7 nitrogen and oxygen atoms in total. The number of ether oxygens (including phenoxy) is 3. The van der Waals surface area contributed by atoms with E-state index in [1.54, 1.807) is 45.6 Å². The van der Waals surface area contributed by atoms with Crippen LogP contribution in [-0.4, -0.2) is 36.4 Å². The number of hydrogen-bond acceptors (Lipinski definition) is 7. The van der Waals surface area contributed by atoms with Crippen molar-refractivity contribution in [3.63, 3.8) is 0 Å². The Morgan fingerprint density at radius 2 is 1.64 bits per heavy atom. The number of phenolic OH excluding ortho intramolecular Hbond substituents is 1. The van der Waals surface area contributed by atoms with Gasteiger partial charge < -0.3 is 24.6 Å².